The highest BCUT2D eigenvalue weighted by Gasteiger charge is 2.68. The number of rotatable bonds is 3. The van der Waals surface area contributed by atoms with Gasteiger partial charge >= 0.3 is 18.3 Å². The van der Waals surface area contributed by atoms with Crippen LogP contribution in [0.2, 0.25) is 0 Å². The first-order chi connectivity index (χ1) is 11.2. The lowest BCUT2D eigenvalue weighted by molar-refractivity contribution is -0.340. The highest BCUT2D eigenvalue weighted by atomic mass is 19.4. The maximum atomic E-state index is 12.8. The van der Waals surface area contributed by atoms with E-state index in [4.69, 9.17) is 0 Å². The molecular weight excluding hydrogens is 350 g/mol. The Hall–Kier alpha value is -1.21. The second-order valence-corrected chi connectivity index (χ2v) is 7.24. The number of ether oxygens (including phenoxy) is 1. The minimum atomic E-state index is -5.23. The summed E-state index contributed by atoms with van der Waals surface area (Å²) in [6, 6.07) is 0. The van der Waals surface area contributed by atoms with Crippen molar-refractivity contribution in [2.24, 2.45) is 23.2 Å². The zero-order chi connectivity index (χ0) is 19.6. The fraction of sp³-hybridized carbons (Fsp3) is 0.824. The van der Waals surface area contributed by atoms with Crippen LogP contribution in [0.15, 0.2) is 12.2 Å². The summed E-state index contributed by atoms with van der Waals surface area (Å²) in [4.78, 5) is 10.2. The van der Waals surface area contributed by atoms with Crippen LogP contribution in [0.1, 0.15) is 46.0 Å². The van der Waals surface area contributed by atoms with Crippen molar-refractivity contribution in [3.05, 3.63) is 12.2 Å². The Morgan fingerprint density at radius 3 is 1.84 bits per heavy atom. The lowest BCUT2D eigenvalue weighted by atomic mass is 9.74. The number of esters is 1. The second-order valence-electron chi connectivity index (χ2n) is 7.24. The lowest BCUT2D eigenvalue weighted by Crippen LogP contribution is -2.49. The number of carbonyl (C=O) groups is 1. The number of carbonyl (C=O) groups excluding carboxylic acids is 1. The van der Waals surface area contributed by atoms with Crippen LogP contribution in [-0.4, -0.2) is 25.4 Å². The summed E-state index contributed by atoms with van der Waals surface area (Å²) in [6.07, 6.45) is -8.15. The van der Waals surface area contributed by atoms with Gasteiger partial charge in [-0.1, -0.05) is 13.0 Å². The van der Waals surface area contributed by atoms with Crippen LogP contribution in [0.5, 0.6) is 0 Å². The zero-order valence-corrected chi connectivity index (χ0v) is 14.6. The fourth-order valence-corrected chi connectivity index (χ4v) is 3.72. The van der Waals surface area contributed by atoms with E-state index in [0.29, 0.717) is 24.8 Å². The maximum absolute atomic E-state index is 12.8. The van der Waals surface area contributed by atoms with Gasteiger partial charge in [-0.2, -0.15) is 26.3 Å². The Morgan fingerprint density at radius 1 is 1.08 bits per heavy atom. The molecule has 0 aromatic carbocycles. The minimum absolute atomic E-state index is 0.0685. The zero-order valence-electron chi connectivity index (χ0n) is 14.6. The molecule has 3 unspecified atom stereocenters. The molecule has 2 rings (SSSR count). The molecule has 25 heavy (non-hydrogen) atoms. The molecule has 2 aliphatic rings. The number of halogens is 6. The molecule has 8 heteroatoms. The van der Waals surface area contributed by atoms with E-state index in [0.717, 1.165) is 19.3 Å². The quantitative estimate of drug-likeness (QED) is 0.361. The van der Waals surface area contributed by atoms with E-state index < -0.39 is 30.1 Å². The van der Waals surface area contributed by atoms with E-state index in [1.807, 2.05) is 0 Å². The van der Waals surface area contributed by atoms with Crippen molar-refractivity contribution < 1.29 is 35.9 Å². The average Bonchev–Trinajstić information content (AvgIpc) is 3.07. The van der Waals surface area contributed by atoms with E-state index in [1.54, 1.807) is 6.92 Å². The predicted molar refractivity (Wildman–Crippen MR) is 80.6 cm³/mol. The molecule has 0 aromatic heterocycles. The molecule has 0 saturated heterocycles. The molecule has 0 amide bonds. The molecule has 2 bridgehead atoms. The molecule has 146 valence electrons. The predicted octanol–water partition coefficient (Wildman–Crippen LogP) is 5.68. The van der Waals surface area contributed by atoms with Crippen molar-refractivity contribution in [1.29, 1.82) is 0 Å². The Kier molecular flexibility index (Phi) is 6.62. The van der Waals surface area contributed by atoms with Gasteiger partial charge in [0.25, 0.3) is 0 Å². The van der Waals surface area contributed by atoms with Crippen molar-refractivity contribution in [3.63, 3.8) is 0 Å². The van der Waals surface area contributed by atoms with E-state index in [2.05, 4.69) is 11.3 Å². The van der Waals surface area contributed by atoms with E-state index >= 15 is 0 Å². The van der Waals surface area contributed by atoms with Crippen LogP contribution in [-0.2, 0) is 9.53 Å². The van der Waals surface area contributed by atoms with Gasteiger partial charge in [0, 0.05) is 5.57 Å². The van der Waals surface area contributed by atoms with Gasteiger partial charge in [-0.15, -0.1) is 0 Å². The van der Waals surface area contributed by atoms with Crippen LogP contribution in [0.3, 0.4) is 0 Å². The van der Waals surface area contributed by atoms with Gasteiger partial charge in [0.15, 0.2) is 5.41 Å². The molecular formula is C17H24F6O2. The monoisotopic (exact) mass is 374 g/mol. The summed E-state index contributed by atoms with van der Waals surface area (Å²) in [5.41, 5.74) is -3.13. The number of alkyl halides is 6. The van der Waals surface area contributed by atoms with Gasteiger partial charge in [-0.3, -0.25) is 0 Å². The van der Waals surface area contributed by atoms with E-state index in [-0.39, 0.29) is 11.9 Å². The summed E-state index contributed by atoms with van der Waals surface area (Å²) in [7, 11) is 1.33. The van der Waals surface area contributed by atoms with Crippen molar-refractivity contribution in [2.45, 2.75) is 58.3 Å². The Balaban J connectivity index is 0.000000381. The van der Waals surface area contributed by atoms with Crippen LogP contribution in [0, 0.1) is 23.2 Å². The van der Waals surface area contributed by atoms with Gasteiger partial charge in [-0.25, -0.2) is 4.79 Å². The third-order valence-corrected chi connectivity index (χ3v) is 5.34. The van der Waals surface area contributed by atoms with Crippen molar-refractivity contribution in [2.75, 3.05) is 7.11 Å². The molecule has 2 aliphatic carbocycles. The van der Waals surface area contributed by atoms with Gasteiger partial charge in [0.2, 0.25) is 0 Å². The van der Waals surface area contributed by atoms with E-state index in [1.165, 1.54) is 7.11 Å². The molecule has 0 N–H and O–H groups in total. The fourth-order valence-electron chi connectivity index (χ4n) is 3.72. The maximum Gasteiger partial charge on any atom is 0.402 e. The standard InChI is InChI=1S/C12H16F6.C5H8O2/c1-10(11(13,14)15,12(16,17)18)6-9-5-7-2-3-8(9)4-7;1-4(2)5(6)7-3/h7-9H,2-6H2,1H3;1H2,2-3H3. The molecule has 0 heterocycles. The number of methoxy groups -OCH3 is 1. The van der Waals surface area contributed by atoms with Gasteiger partial charge in [-0.05, 0) is 57.3 Å². The van der Waals surface area contributed by atoms with Gasteiger partial charge in [0.1, 0.15) is 0 Å². The SMILES string of the molecule is C=C(C)C(=O)OC.CC(CC1CC2CCC1C2)(C(F)(F)F)C(F)(F)F. The first kappa shape index (κ1) is 21.8. The third kappa shape index (κ3) is 4.91. The summed E-state index contributed by atoms with van der Waals surface area (Å²) in [5, 5.41) is 0. The first-order valence-corrected chi connectivity index (χ1v) is 8.10. The number of hydrogen-bond acceptors (Lipinski definition) is 2. The first-order valence-electron chi connectivity index (χ1n) is 8.10. The Bertz CT molecular complexity index is 480. The topological polar surface area (TPSA) is 26.3 Å². The molecule has 0 radical (unpaired) electrons. The highest BCUT2D eigenvalue weighted by Crippen LogP contribution is 2.59. The number of hydrogen-bond donors (Lipinski definition) is 0. The van der Waals surface area contributed by atoms with Crippen molar-refractivity contribution in [1.82, 2.24) is 0 Å². The van der Waals surface area contributed by atoms with Crippen molar-refractivity contribution in [3.8, 4) is 0 Å². The largest absolute Gasteiger partial charge is 0.466 e. The van der Waals surface area contributed by atoms with Crippen LogP contribution >= 0.6 is 0 Å². The second kappa shape index (κ2) is 7.58. The molecule has 0 aromatic rings. The Morgan fingerprint density at radius 2 is 1.60 bits per heavy atom. The summed E-state index contributed by atoms with van der Waals surface area (Å²) >= 11 is 0. The third-order valence-electron chi connectivity index (χ3n) is 5.34. The lowest BCUT2D eigenvalue weighted by Gasteiger charge is -2.37. The molecule has 2 saturated carbocycles. The van der Waals surface area contributed by atoms with Gasteiger partial charge < -0.3 is 4.74 Å². The molecule has 0 spiro atoms. The van der Waals surface area contributed by atoms with Crippen LogP contribution in [0.4, 0.5) is 26.3 Å². The van der Waals surface area contributed by atoms with Gasteiger partial charge in [0.05, 0.1) is 7.11 Å². The van der Waals surface area contributed by atoms with E-state index in [9.17, 15) is 31.1 Å². The normalized spacial score (nSPS) is 26.0. The smallest absolute Gasteiger partial charge is 0.402 e. The molecule has 0 aliphatic heterocycles. The van der Waals surface area contributed by atoms with Crippen molar-refractivity contribution >= 4 is 5.97 Å². The van der Waals surface area contributed by atoms with Crippen LogP contribution in [0.25, 0.3) is 0 Å². The highest BCUT2D eigenvalue weighted by molar-refractivity contribution is 5.86. The summed E-state index contributed by atoms with van der Waals surface area (Å²) < 4.78 is 80.9. The summed E-state index contributed by atoms with van der Waals surface area (Å²) in [5.74, 6) is -0.346. The average molecular weight is 374 g/mol. The summed E-state index contributed by atoms with van der Waals surface area (Å²) in [6.45, 7) is 5.26. The molecule has 3 atom stereocenters. The number of fused-ring (bicyclic) bond motifs is 2. The molecule has 2 fully saturated rings. The van der Waals surface area contributed by atoms with Crippen LogP contribution < -0.4 is 0 Å². The minimum Gasteiger partial charge on any atom is -0.466 e. The Labute approximate surface area is 143 Å². The molecule has 2 nitrogen and oxygen atoms in total.